The molecule has 132 valence electrons. The predicted molar refractivity (Wildman–Crippen MR) is 99.6 cm³/mol. The van der Waals surface area contributed by atoms with E-state index in [4.69, 9.17) is 0 Å². The molecule has 5 heteroatoms. The van der Waals surface area contributed by atoms with Gasteiger partial charge in [0.1, 0.15) is 11.5 Å². The van der Waals surface area contributed by atoms with Crippen molar-refractivity contribution in [2.24, 2.45) is 0 Å². The van der Waals surface area contributed by atoms with E-state index in [1.807, 2.05) is 51.7 Å². The summed E-state index contributed by atoms with van der Waals surface area (Å²) in [4.78, 5) is 0. The highest BCUT2D eigenvalue weighted by Crippen LogP contribution is 2.35. The van der Waals surface area contributed by atoms with Gasteiger partial charge in [-0.25, -0.2) is 4.39 Å². The molecule has 2 aromatic rings. The van der Waals surface area contributed by atoms with Crippen LogP contribution in [-0.2, 0) is 6.54 Å². The minimum absolute atomic E-state index is 0.0129. The van der Waals surface area contributed by atoms with Gasteiger partial charge in [-0.3, -0.25) is 10.6 Å². The monoisotopic (exact) mass is 340 g/mol. The molecule has 1 heterocycles. The van der Waals surface area contributed by atoms with Crippen LogP contribution in [0.4, 0.5) is 4.39 Å². The second-order valence-electron chi connectivity index (χ2n) is 6.24. The molecule has 0 radical (unpaired) electrons. The van der Waals surface area contributed by atoms with E-state index < -0.39 is 5.66 Å². The van der Waals surface area contributed by atoms with Crippen molar-refractivity contribution in [2.75, 3.05) is 21.1 Å². The zero-order chi connectivity index (χ0) is 17.9. The van der Waals surface area contributed by atoms with Gasteiger partial charge in [-0.05, 0) is 55.6 Å². The van der Waals surface area contributed by atoms with Gasteiger partial charge >= 0.3 is 0 Å². The molecule has 0 fully saturated rings. The summed E-state index contributed by atoms with van der Waals surface area (Å²) in [5.41, 5.74) is 2.70. The summed E-state index contributed by atoms with van der Waals surface area (Å²) < 4.78 is 15.9. The molecule has 0 saturated carbocycles. The molecule has 1 aromatic heterocycles. The average molecular weight is 340 g/mol. The van der Waals surface area contributed by atoms with Crippen molar-refractivity contribution >= 4 is 0 Å². The molecule has 1 aliphatic rings. The molecular weight excluding hydrogens is 315 g/mol. The average Bonchev–Trinajstić information content (AvgIpc) is 3.14. The highest BCUT2D eigenvalue weighted by molar-refractivity contribution is 5.45. The molecule has 0 spiro atoms. The number of hydrogen-bond donors (Lipinski definition) is 3. The van der Waals surface area contributed by atoms with E-state index >= 15 is 0 Å². The molecular formula is C20H25FN4. The highest BCUT2D eigenvalue weighted by atomic mass is 19.1. The van der Waals surface area contributed by atoms with Crippen molar-refractivity contribution in [3.8, 4) is 0 Å². The Morgan fingerprint density at radius 1 is 1.08 bits per heavy atom. The Labute approximate surface area is 148 Å². The normalized spacial score (nSPS) is 19.3. The number of nitrogens with one attached hydrogen (secondary N) is 3. The Balaban J connectivity index is 2.06. The van der Waals surface area contributed by atoms with Gasteiger partial charge in [0.2, 0.25) is 0 Å². The Morgan fingerprint density at radius 2 is 1.80 bits per heavy atom. The fourth-order valence-electron chi connectivity index (χ4n) is 3.48. The quantitative estimate of drug-likeness (QED) is 0.559. The summed E-state index contributed by atoms with van der Waals surface area (Å²) in [6.07, 6.45) is 8.46. The van der Waals surface area contributed by atoms with Crippen LogP contribution in [0.2, 0.25) is 0 Å². The van der Waals surface area contributed by atoms with Crippen LogP contribution in [0.15, 0.2) is 72.2 Å². The van der Waals surface area contributed by atoms with Crippen LogP contribution in [-0.4, -0.2) is 31.4 Å². The summed E-state index contributed by atoms with van der Waals surface area (Å²) >= 11 is 0. The lowest BCUT2D eigenvalue weighted by Crippen LogP contribution is -2.56. The molecule has 3 rings (SSSR count). The number of halogens is 1. The lowest BCUT2D eigenvalue weighted by molar-refractivity contribution is 0.403. The summed E-state index contributed by atoms with van der Waals surface area (Å²) in [6, 6.07) is 10.8. The van der Waals surface area contributed by atoms with E-state index in [9.17, 15) is 4.39 Å². The standard InChI is InChI=1S/C20H25FN4/c1-22-19-13-20(23-2,24-3)16(14-25-9-4-5-10-25)12-18(19)15-7-6-8-17(21)11-15/h4-13,18,22-24H,14H2,1-3H3. The summed E-state index contributed by atoms with van der Waals surface area (Å²) in [5, 5.41) is 10.1. The van der Waals surface area contributed by atoms with E-state index in [1.54, 1.807) is 12.1 Å². The summed E-state index contributed by atoms with van der Waals surface area (Å²) in [5.74, 6) is -0.228. The Hall–Kier alpha value is -2.37. The van der Waals surface area contributed by atoms with Gasteiger partial charge in [-0.1, -0.05) is 18.2 Å². The first-order chi connectivity index (χ1) is 12.1. The van der Waals surface area contributed by atoms with Gasteiger partial charge in [0.05, 0.1) is 0 Å². The van der Waals surface area contributed by atoms with Crippen molar-refractivity contribution in [1.82, 2.24) is 20.5 Å². The number of likely N-dealkylation sites (N-methyl/N-ethyl adjacent to an activating group) is 3. The van der Waals surface area contributed by atoms with Gasteiger partial charge in [0.25, 0.3) is 0 Å². The molecule has 0 aliphatic heterocycles. The molecule has 1 atom stereocenters. The molecule has 1 unspecified atom stereocenters. The zero-order valence-electron chi connectivity index (χ0n) is 14.9. The third-order valence-electron chi connectivity index (χ3n) is 4.89. The van der Waals surface area contributed by atoms with E-state index in [0.717, 1.165) is 17.8 Å². The Kier molecular flexibility index (Phi) is 5.06. The minimum atomic E-state index is -0.452. The first kappa shape index (κ1) is 17.5. The van der Waals surface area contributed by atoms with Gasteiger partial charge in [0, 0.05) is 37.6 Å². The molecule has 25 heavy (non-hydrogen) atoms. The van der Waals surface area contributed by atoms with Crippen LogP contribution in [0.3, 0.4) is 0 Å². The molecule has 0 saturated heterocycles. The SMILES string of the molecule is CNC1=CC(NC)(NC)C(Cn2cccc2)=CC1c1cccc(F)c1. The van der Waals surface area contributed by atoms with Crippen molar-refractivity contribution in [3.05, 3.63) is 83.6 Å². The number of hydrogen-bond acceptors (Lipinski definition) is 3. The Morgan fingerprint density at radius 3 is 2.40 bits per heavy atom. The number of allylic oxidation sites excluding steroid dienone is 1. The zero-order valence-corrected chi connectivity index (χ0v) is 14.9. The van der Waals surface area contributed by atoms with E-state index in [2.05, 4.69) is 32.7 Å². The van der Waals surface area contributed by atoms with Crippen molar-refractivity contribution in [3.63, 3.8) is 0 Å². The molecule has 1 aliphatic carbocycles. The van der Waals surface area contributed by atoms with E-state index in [0.29, 0.717) is 0 Å². The number of benzene rings is 1. The Bertz CT molecular complexity index is 773. The van der Waals surface area contributed by atoms with Crippen LogP contribution in [0.5, 0.6) is 0 Å². The van der Waals surface area contributed by atoms with Gasteiger partial charge in [-0.2, -0.15) is 0 Å². The van der Waals surface area contributed by atoms with Gasteiger partial charge in [0.15, 0.2) is 0 Å². The fourth-order valence-corrected chi connectivity index (χ4v) is 3.48. The van der Waals surface area contributed by atoms with Crippen molar-refractivity contribution in [1.29, 1.82) is 0 Å². The molecule has 1 aromatic carbocycles. The summed E-state index contributed by atoms with van der Waals surface area (Å²) in [7, 11) is 5.78. The van der Waals surface area contributed by atoms with Gasteiger partial charge in [-0.15, -0.1) is 0 Å². The maximum Gasteiger partial charge on any atom is 0.123 e. The minimum Gasteiger partial charge on any atom is -0.391 e. The van der Waals surface area contributed by atoms with E-state index in [-0.39, 0.29) is 11.7 Å². The van der Waals surface area contributed by atoms with Crippen LogP contribution in [0.25, 0.3) is 0 Å². The molecule has 4 nitrogen and oxygen atoms in total. The molecule has 0 amide bonds. The number of rotatable bonds is 6. The van der Waals surface area contributed by atoms with Crippen LogP contribution in [0, 0.1) is 5.82 Å². The van der Waals surface area contributed by atoms with Crippen molar-refractivity contribution < 1.29 is 4.39 Å². The van der Waals surface area contributed by atoms with Crippen LogP contribution < -0.4 is 16.0 Å². The largest absolute Gasteiger partial charge is 0.391 e. The molecule has 3 N–H and O–H groups in total. The smallest absolute Gasteiger partial charge is 0.123 e. The maximum absolute atomic E-state index is 13.8. The van der Waals surface area contributed by atoms with Crippen LogP contribution >= 0.6 is 0 Å². The second kappa shape index (κ2) is 7.25. The highest BCUT2D eigenvalue weighted by Gasteiger charge is 2.35. The van der Waals surface area contributed by atoms with Gasteiger partial charge < -0.3 is 9.88 Å². The second-order valence-corrected chi connectivity index (χ2v) is 6.24. The maximum atomic E-state index is 13.8. The lowest BCUT2D eigenvalue weighted by atomic mass is 9.82. The third-order valence-corrected chi connectivity index (χ3v) is 4.89. The summed E-state index contributed by atoms with van der Waals surface area (Å²) in [6.45, 7) is 0.744. The first-order valence-electron chi connectivity index (χ1n) is 8.47. The van der Waals surface area contributed by atoms with Crippen LogP contribution in [0.1, 0.15) is 11.5 Å². The lowest BCUT2D eigenvalue weighted by Gasteiger charge is -2.39. The fraction of sp³-hybridized carbons (Fsp3) is 0.300. The third kappa shape index (κ3) is 3.38. The first-order valence-corrected chi connectivity index (χ1v) is 8.47. The predicted octanol–water partition coefficient (Wildman–Crippen LogP) is 2.59. The van der Waals surface area contributed by atoms with E-state index in [1.165, 1.54) is 11.6 Å². The molecule has 0 bridgehead atoms. The number of nitrogens with zero attached hydrogens (tertiary/aromatic N) is 1. The topological polar surface area (TPSA) is 41.0 Å². The number of aromatic nitrogens is 1. The van der Waals surface area contributed by atoms with Crippen molar-refractivity contribution in [2.45, 2.75) is 18.1 Å².